The monoisotopic (exact) mass is 339 g/mol. The first-order valence-electron chi connectivity index (χ1n) is 7.09. The molecule has 0 radical (unpaired) electrons. The van der Waals surface area contributed by atoms with E-state index in [4.69, 9.17) is 5.73 Å². The van der Waals surface area contributed by atoms with Crippen LogP contribution < -0.4 is 5.73 Å². The summed E-state index contributed by atoms with van der Waals surface area (Å²) in [6, 6.07) is 8.26. The van der Waals surface area contributed by atoms with Crippen LogP contribution in [-0.2, 0) is 19.3 Å². The molecule has 2 aliphatic rings. The highest BCUT2D eigenvalue weighted by molar-refractivity contribution is 9.10. The SMILES string of the molecule is NC(=O)c1cc2c(Br)c(c1-c1cccc3c1C=CC3)CC2. The molecule has 0 unspecified atom stereocenters. The number of fused-ring (bicyclic) bond motifs is 3. The summed E-state index contributed by atoms with van der Waals surface area (Å²) < 4.78 is 1.14. The zero-order chi connectivity index (χ0) is 14.6. The van der Waals surface area contributed by atoms with Gasteiger partial charge in [0.15, 0.2) is 0 Å². The molecule has 3 heteroatoms. The Morgan fingerprint density at radius 3 is 2.86 bits per heavy atom. The van der Waals surface area contributed by atoms with Crippen LogP contribution in [0.4, 0.5) is 0 Å². The van der Waals surface area contributed by atoms with Crippen LogP contribution in [0.5, 0.6) is 0 Å². The Labute approximate surface area is 131 Å². The number of carbonyl (C=O) groups is 1. The first-order chi connectivity index (χ1) is 10.2. The van der Waals surface area contributed by atoms with E-state index in [0.29, 0.717) is 5.56 Å². The van der Waals surface area contributed by atoms with Crippen molar-refractivity contribution in [1.82, 2.24) is 0 Å². The van der Waals surface area contributed by atoms with Crippen LogP contribution in [-0.4, -0.2) is 5.91 Å². The van der Waals surface area contributed by atoms with Crippen molar-refractivity contribution in [3.8, 4) is 11.1 Å². The van der Waals surface area contributed by atoms with E-state index < -0.39 is 0 Å². The van der Waals surface area contributed by atoms with Gasteiger partial charge in [-0.15, -0.1) is 0 Å². The Balaban J connectivity index is 2.07. The molecule has 104 valence electrons. The van der Waals surface area contributed by atoms with Gasteiger partial charge < -0.3 is 5.73 Å². The molecule has 2 N–H and O–H groups in total. The lowest BCUT2D eigenvalue weighted by Gasteiger charge is -2.15. The van der Waals surface area contributed by atoms with Crippen molar-refractivity contribution in [2.75, 3.05) is 0 Å². The normalized spacial score (nSPS) is 14.5. The molecule has 2 aromatic carbocycles. The van der Waals surface area contributed by atoms with Crippen molar-refractivity contribution in [3.05, 3.63) is 62.6 Å². The quantitative estimate of drug-likeness (QED) is 0.886. The average molecular weight is 340 g/mol. The highest BCUT2D eigenvalue weighted by atomic mass is 79.9. The number of carbonyl (C=O) groups excluding carboxylic acids is 1. The van der Waals surface area contributed by atoms with Gasteiger partial charge in [0.25, 0.3) is 0 Å². The molecule has 0 saturated carbocycles. The van der Waals surface area contributed by atoms with E-state index in [1.54, 1.807) is 0 Å². The maximum Gasteiger partial charge on any atom is 0.249 e. The minimum Gasteiger partial charge on any atom is -0.366 e. The van der Waals surface area contributed by atoms with Gasteiger partial charge in [0.1, 0.15) is 0 Å². The van der Waals surface area contributed by atoms with Gasteiger partial charge in [-0.2, -0.15) is 0 Å². The minimum absolute atomic E-state index is 0.346. The van der Waals surface area contributed by atoms with Gasteiger partial charge in [-0.3, -0.25) is 4.79 Å². The number of allylic oxidation sites excluding steroid dienone is 1. The standard InChI is InChI=1S/C18H14BrNO/c19-17-11-7-8-14(17)16(15(9-11)18(20)21)13-6-2-4-10-3-1-5-12(10)13/h1-2,4-6,9H,3,7-8H2,(H2,20,21). The minimum atomic E-state index is -0.346. The Morgan fingerprint density at radius 1 is 1.19 bits per heavy atom. The van der Waals surface area contributed by atoms with Crippen LogP contribution in [0, 0.1) is 0 Å². The summed E-state index contributed by atoms with van der Waals surface area (Å²) in [7, 11) is 0. The van der Waals surface area contributed by atoms with E-state index in [1.165, 1.54) is 22.3 Å². The highest BCUT2D eigenvalue weighted by Crippen LogP contribution is 2.43. The summed E-state index contributed by atoms with van der Waals surface area (Å²) in [6.45, 7) is 0. The van der Waals surface area contributed by atoms with Gasteiger partial charge in [-0.25, -0.2) is 0 Å². The average Bonchev–Trinajstić information content (AvgIpc) is 3.01. The maximum atomic E-state index is 11.9. The fraction of sp³-hybridized carbons (Fsp3) is 0.167. The van der Waals surface area contributed by atoms with Crippen molar-refractivity contribution < 1.29 is 4.79 Å². The van der Waals surface area contributed by atoms with E-state index >= 15 is 0 Å². The smallest absolute Gasteiger partial charge is 0.249 e. The summed E-state index contributed by atoms with van der Waals surface area (Å²) in [6.07, 6.45) is 7.22. The number of aryl methyl sites for hydroxylation is 1. The van der Waals surface area contributed by atoms with Crippen molar-refractivity contribution in [3.63, 3.8) is 0 Å². The lowest BCUT2D eigenvalue weighted by molar-refractivity contribution is 0.100. The number of rotatable bonds is 2. The molecule has 21 heavy (non-hydrogen) atoms. The molecular formula is C18H14BrNO. The second-order valence-electron chi connectivity index (χ2n) is 5.60. The van der Waals surface area contributed by atoms with Crippen molar-refractivity contribution in [2.45, 2.75) is 19.3 Å². The maximum absolute atomic E-state index is 11.9. The molecule has 0 saturated heterocycles. The molecule has 0 aliphatic heterocycles. The Morgan fingerprint density at radius 2 is 2.05 bits per heavy atom. The number of nitrogens with two attached hydrogens (primary N) is 1. The van der Waals surface area contributed by atoms with E-state index in [9.17, 15) is 4.79 Å². The second kappa shape index (κ2) is 4.57. The lowest BCUT2D eigenvalue weighted by Crippen LogP contribution is -2.13. The summed E-state index contributed by atoms with van der Waals surface area (Å²) >= 11 is 3.68. The molecule has 0 atom stereocenters. The summed E-state index contributed by atoms with van der Waals surface area (Å²) in [4.78, 5) is 11.9. The molecule has 0 heterocycles. The lowest BCUT2D eigenvalue weighted by atomic mass is 9.90. The van der Waals surface area contributed by atoms with Crippen LogP contribution in [0.15, 0.2) is 34.8 Å². The van der Waals surface area contributed by atoms with E-state index in [1.807, 2.05) is 6.07 Å². The van der Waals surface area contributed by atoms with Gasteiger partial charge in [-0.05, 0) is 58.7 Å². The van der Waals surface area contributed by atoms with Gasteiger partial charge in [0.05, 0.1) is 0 Å². The summed E-state index contributed by atoms with van der Waals surface area (Å²) in [5.41, 5.74) is 13.4. The Hall–Kier alpha value is -1.87. The molecular weight excluding hydrogens is 326 g/mol. The molecule has 1 amide bonds. The van der Waals surface area contributed by atoms with Crippen molar-refractivity contribution in [2.24, 2.45) is 5.73 Å². The Bertz CT molecular complexity index is 820. The topological polar surface area (TPSA) is 43.1 Å². The number of halogens is 1. The molecule has 2 nitrogen and oxygen atoms in total. The third-order valence-electron chi connectivity index (χ3n) is 4.43. The fourth-order valence-electron chi connectivity index (χ4n) is 3.46. The van der Waals surface area contributed by atoms with Crippen LogP contribution in [0.25, 0.3) is 17.2 Å². The predicted molar refractivity (Wildman–Crippen MR) is 88.2 cm³/mol. The molecule has 0 aromatic heterocycles. The molecule has 2 aromatic rings. The third-order valence-corrected chi connectivity index (χ3v) is 5.42. The predicted octanol–water partition coefficient (Wildman–Crippen LogP) is 3.88. The molecule has 2 bridgehead atoms. The Kier molecular flexibility index (Phi) is 2.79. The number of amides is 1. The number of benzene rings is 2. The zero-order valence-corrected chi connectivity index (χ0v) is 13.0. The third kappa shape index (κ3) is 1.80. The second-order valence-corrected chi connectivity index (χ2v) is 6.39. The molecule has 2 aliphatic carbocycles. The van der Waals surface area contributed by atoms with Crippen molar-refractivity contribution >= 4 is 27.9 Å². The fourth-order valence-corrected chi connectivity index (χ4v) is 4.17. The first-order valence-corrected chi connectivity index (χ1v) is 7.89. The van der Waals surface area contributed by atoms with Crippen LogP contribution >= 0.6 is 15.9 Å². The van der Waals surface area contributed by atoms with Gasteiger partial charge in [-0.1, -0.05) is 46.3 Å². The number of hydrogen-bond acceptors (Lipinski definition) is 1. The van der Waals surface area contributed by atoms with E-state index in [0.717, 1.165) is 34.9 Å². The molecule has 0 fully saturated rings. The van der Waals surface area contributed by atoms with E-state index in [2.05, 4.69) is 46.3 Å². The first kappa shape index (κ1) is 12.8. The summed E-state index contributed by atoms with van der Waals surface area (Å²) in [5, 5.41) is 0. The van der Waals surface area contributed by atoms with Crippen LogP contribution in [0.3, 0.4) is 0 Å². The number of hydrogen-bond donors (Lipinski definition) is 1. The van der Waals surface area contributed by atoms with Gasteiger partial charge >= 0.3 is 0 Å². The molecule has 0 spiro atoms. The van der Waals surface area contributed by atoms with Crippen molar-refractivity contribution in [1.29, 1.82) is 0 Å². The van der Waals surface area contributed by atoms with Gasteiger partial charge in [0, 0.05) is 10.0 Å². The number of primary amides is 1. The van der Waals surface area contributed by atoms with Gasteiger partial charge in [0.2, 0.25) is 5.91 Å². The molecule has 4 rings (SSSR count). The van der Waals surface area contributed by atoms with E-state index in [-0.39, 0.29) is 5.91 Å². The highest BCUT2D eigenvalue weighted by Gasteiger charge is 2.26. The summed E-state index contributed by atoms with van der Waals surface area (Å²) in [5.74, 6) is -0.346. The largest absolute Gasteiger partial charge is 0.366 e. The van der Waals surface area contributed by atoms with Crippen LogP contribution in [0.1, 0.15) is 32.6 Å². The zero-order valence-electron chi connectivity index (χ0n) is 11.4. The van der Waals surface area contributed by atoms with Crippen LogP contribution in [0.2, 0.25) is 0 Å².